The molecular formula is C27H46O4. The van der Waals surface area contributed by atoms with Crippen LogP contribution in [0.25, 0.3) is 0 Å². The highest BCUT2D eigenvalue weighted by Crippen LogP contribution is 2.22. The normalized spacial score (nSPS) is 11.3. The Labute approximate surface area is 191 Å². The maximum atomic E-state index is 12.8. The van der Waals surface area contributed by atoms with E-state index in [-0.39, 0.29) is 24.5 Å². The van der Waals surface area contributed by atoms with Gasteiger partial charge in [0.15, 0.2) is 0 Å². The average Bonchev–Trinajstić information content (AvgIpc) is 2.78. The van der Waals surface area contributed by atoms with Gasteiger partial charge >= 0.3 is 11.9 Å². The molecule has 1 aromatic rings. The van der Waals surface area contributed by atoms with Crippen molar-refractivity contribution < 1.29 is 19.1 Å². The van der Waals surface area contributed by atoms with Gasteiger partial charge in [0.05, 0.1) is 5.92 Å². The lowest BCUT2D eigenvalue weighted by molar-refractivity contribution is -0.142. The molecule has 1 atom stereocenters. The molecule has 1 aromatic carbocycles. The summed E-state index contributed by atoms with van der Waals surface area (Å²) >= 11 is 0. The highest BCUT2D eigenvalue weighted by molar-refractivity contribution is 5.75. The molecule has 0 heterocycles. The van der Waals surface area contributed by atoms with Crippen molar-refractivity contribution in [3.63, 3.8) is 0 Å². The number of benzene rings is 1. The summed E-state index contributed by atoms with van der Waals surface area (Å²) in [5.41, 5.74) is 0.878. The number of ether oxygens (including phenoxy) is 2. The van der Waals surface area contributed by atoms with Crippen molar-refractivity contribution in [3.05, 3.63) is 29.8 Å². The fourth-order valence-electron chi connectivity index (χ4n) is 3.41. The van der Waals surface area contributed by atoms with Crippen LogP contribution in [0.5, 0.6) is 5.75 Å². The molecular weight excluding hydrogens is 388 g/mol. The van der Waals surface area contributed by atoms with Gasteiger partial charge in [0.2, 0.25) is 0 Å². The lowest BCUT2D eigenvalue weighted by atomic mass is 9.94. The van der Waals surface area contributed by atoms with Gasteiger partial charge in [-0.2, -0.15) is 0 Å². The Hall–Kier alpha value is -1.84. The predicted octanol–water partition coefficient (Wildman–Crippen LogP) is 8.02. The molecule has 0 radical (unpaired) electrons. The molecule has 4 nitrogen and oxygen atoms in total. The number of esters is 2. The third-order valence-electron chi connectivity index (χ3n) is 5.23. The minimum Gasteiger partial charge on any atom is -0.461 e. The van der Waals surface area contributed by atoms with E-state index in [2.05, 4.69) is 13.8 Å². The van der Waals surface area contributed by atoms with E-state index in [1.54, 1.807) is 12.1 Å². The van der Waals surface area contributed by atoms with Crippen molar-refractivity contribution in [2.45, 2.75) is 118 Å². The fraction of sp³-hybridized carbons (Fsp3) is 0.704. The van der Waals surface area contributed by atoms with E-state index in [0.29, 0.717) is 5.75 Å². The van der Waals surface area contributed by atoms with Gasteiger partial charge < -0.3 is 9.47 Å². The zero-order valence-corrected chi connectivity index (χ0v) is 20.7. The maximum absolute atomic E-state index is 12.8. The lowest BCUT2D eigenvalue weighted by Crippen LogP contribution is -2.21. The van der Waals surface area contributed by atoms with Crippen molar-refractivity contribution in [1.29, 1.82) is 0 Å². The zero-order chi connectivity index (χ0) is 23.3. The van der Waals surface area contributed by atoms with E-state index in [0.717, 1.165) is 31.2 Å². The third-order valence-corrected chi connectivity index (χ3v) is 5.23. The van der Waals surface area contributed by atoms with Crippen molar-refractivity contribution in [3.8, 4) is 5.75 Å². The second kappa shape index (κ2) is 20.1. The summed E-state index contributed by atoms with van der Waals surface area (Å²) in [6.45, 7) is 10.1. The van der Waals surface area contributed by atoms with Crippen LogP contribution in [0.2, 0.25) is 0 Å². The molecule has 0 aromatic heterocycles. The first kappa shape index (κ1) is 29.2. The first-order valence-electron chi connectivity index (χ1n) is 12.5. The molecule has 0 aliphatic rings. The highest BCUT2D eigenvalue weighted by atomic mass is 16.5. The Kier molecular flexibility index (Phi) is 18.9. The van der Waals surface area contributed by atoms with Crippen molar-refractivity contribution in [2.75, 3.05) is 0 Å². The van der Waals surface area contributed by atoms with Gasteiger partial charge in [-0.15, -0.1) is 0 Å². The lowest BCUT2D eigenvalue weighted by Gasteiger charge is -2.16. The first-order valence-corrected chi connectivity index (χ1v) is 12.5. The fourth-order valence-corrected chi connectivity index (χ4v) is 3.41. The minimum atomic E-state index is -0.305. The van der Waals surface area contributed by atoms with E-state index in [1.165, 1.54) is 58.3 Å². The molecule has 0 saturated heterocycles. The largest absolute Gasteiger partial charge is 0.461 e. The van der Waals surface area contributed by atoms with Crippen LogP contribution < -0.4 is 4.74 Å². The molecule has 0 fully saturated rings. The van der Waals surface area contributed by atoms with Crippen molar-refractivity contribution in [1.82, 2.24) is 0 Å². The average molecular weight is 435 g/mol. The van der Waals surface area contributed by atoms with E-state index >= 15 is 0 Å². The van der Waals surface area contributed by atoms with Crippen LogP contribution in [0.3, 0.4) is 0 Å². The van der Waals surface area contributed by atoms with Crippen LogP contribution in [0.15, 0.2) is 24.3 Å². The van der Waals surface area contributed by atoms with Gasteiger partial charge in [-0.3, -0.25) is 9.59 Å². The second-order valence-electron chi connectivity index (χ2n) is 7.95. The molecule has 0 saturated carbocycles. The molecule has 0 aliphatic carbocycles. The predicted molar refractivity (Wildman–Crippen MR) is 129 cm³/mol. The summed E-state index contributed by atoms with van der Waals surface area (Å²) in [5, 5.41) is 0. The summed E-state index contributed by atoms with van der Waals surface area (Å²) < 4.78 is 10.6. The number of hydrogen-bond donors (Lipinski definition) is 0. The molecule has 0 amide bonds. The van der Waals surface area contributed by atoms with Crippen LogP contribution in [-0.4, -0.2) is 11.9 Å². The molecule has 0 N–H and O–H groups in total. The Morgan fingerprint density at radius 3 is 1.77 bits per heavy atom. The van der Waals surface area contributed by atoms with Gasteiger partial charge in [0.1, 0.15) is 12.4 Å². The van der Waals surface area contributed by atoms with E-state index in [4.69, 9.17) is 9.47 Å². The standard InChI is InChI=1S/C25H40O4.C2H6/c1-4-6-8-10-11-13-15-23(14-12-9-7-5-2)25(27)29-24-18-16-22(17-19-24)20-28-21(3)26;1-2/h16-19,23H,4-15,20H2,1-3H3;1-2H3. The molecule has 178 valence electrons. The van der Waals surface area contributed by atoms with Gasteiger partial charge in [0.25, 0.3) is 0 Å². The number of hydrogen-bond acceptors (Lipinski definition) is 4. The van der Waals surface area contributed by atoms with Crippen molar-refractivity contribution >= 4 is 11.9 Å². The monoisotopic (exact) mass is 434 g/mol. The van der Waals surface area contributed by atoms with Crippen LogP contribution in [0, 0.1) is 5.92 Å². The minimum absolute atomic E-state index is 0.0150. The highest BCUT2D eigenvalue weighted by Gasteiger charge is 2.20. The van der Waals surface area contributed by atoms with Gasteiger partial charge in [-0.25, -0.2) is 0 Å². The number of rotatable bonds is 16. The maximum Gasteiger partial charge on any atom is 0.314 e. The SMILES string of the molecule is CC.CCCCCCCCC(CCCCCC)C(=O)Oc1ccc(COC(C)=O)cc1. The van der Waals surface area contributed by atoms with Crippen molar-refractivity contribution in [2.24, 2.45) is 5.92 Å². The van der Waals surface area contributed by atoms with Gasteiger partial charge in [-0.05, 0) is 30.5 Å². The van der Waals surface area contributed by atoms with Crippen LogP contribution in [0.4, 0.5) is 0 Å². The second-order valence-corrected chi connectivity index (χ2v) is 7.95. The number of carbonyl (C=O) groups is 2. The summed E-state index contributed by atoms with van der Waals surface area (Å²) in [5.74, 6) is 0.130. The molecule has 1 rings (SSSR count). The Bertz CT molecular complexity index is 565. The number of carbonyl (C=O) groups excluding carboxylic acids is 2. The van der Waals surface area contributed by atoms with Crippen LogP contribution >= 0.6 is 0 Å². The van der Waals surface area contributed by atoms with E-state index < -0.39 is 0 Å². The quantitative estimate of drug-likeness (QED) is 0.150. The first-order chi connectivity index (χ1) is 15.1. The molecule has 0 bridgehead atoms. The summed E-state index contributed by atoms with van der Waals surface area (Å²) in [7, 11) is 0. The summed E-state index contributed by atoms with van der Waals surface area (Å²) in [6.07, 6.45) is 13.9. The number of unbranched alkanes of at least 4 members (excludes halogenated alkanes) is 8. The Morgan fingerprint density at radius 1 is 0.774 bits per heavy atom. The molecule has 1 unspecified atom stereocenters. The Balaban J connectivity index is 0.00000436. The van der Waals surface area contributed by atoms with Gasteiger partial charge in [-0.1, -0.05) is 104 Å². The third kappa shape index (κ3) is 15.6. The zero-order valence-electron chi connectivity index (χ0n) is 20.7. The summed E-state index contributed by atoms with van der Waals surface area (Å²) in [6, 6.07) is 7.20. The van der Waals surface area contributed by atoms with Crippen LogP contribution in [0.1, 0.15) is 117 Å². The molecule has 0 aliphatic heterocycles. The molecule has 0 spiro atoms. The molecule has 31 heavy (non-hydrogen) atoms. The van der Waals surface area contributed by atoms with Crippen LogP contribution in [-0.2, 0) is 20.9 Å². The van der Waals surface area contributed by atoms with E-state index in [9.17, 15) is 9.59 Å². The smallest absolute Gasteiger partial charge is 0.314 e. The topological polar surface area (TPSA) is 52.6 Å². The van der Waals surface area contributed by atoms with E-state index in [1.807, 2.05) is 26.0 Å². The molecule has 4 heteroatoms. The summed E-state index contributed by atoms with van der Waals surface area (Å²) in [4.78, 5) is 23.7. The van der Waals surface area contributed by atoms with Gasteiger partial charge in [0, 0.05) is 6.92 Å². The Morgan fingerprint density at radius 2 is 1.26 bits per heavy atom.